The molecule has 0 aliphatic carbocycles. The van der Waals surface area contributed by atoms with Crippen LogP contribution < -0.4 is 16.0 Å². The summed E-state index contributed by atoms with van der Waals surface area (Å²) in [5.74, 6) is 0.213. The lowest BCUT2D eigenvalue weighted by molar-refractivity contribution is 0.358. The van der Waals surface area contributed by atoms with Crippen LogP contribution in [0.15, 0.2) is 27.8 Å². The summed E-state index contributed by atoms with van der Waals surface area (Å²) in [6.07, 6.45) is 0. The molecule has 2 rings (SSSR count). The molecule has 7 heteroatoms. The second-order valence-electron chi connectivity index (χ2n) is 2.97. The van der Waals surface area contributed by atoms with Gasteiger partial charge in [0.1, 0.15) is 11.1 Å². The van der Waals surface area contributed by atoms with E-state index in [1.807, 2.05) is 0 Å². The van der Waals surface area contributed by atoms with E-state index in [9.17, 15) is 9.59 Å². The van der Waals surface area contributed by atoms with Gasteiger partial charge in [-0.15, -0.1) is 0 Å². The molecule has 16 heavy (non-hydrogen) atoms. The molecule has 1 aromatic heterocycles. The monoisotopic (exact) mass is 260 g/mol. The summed E-state index contributed by atoms with van der Waals surface area (Å²) in [5, 5.41) is -0.884. The van der Waals surface area contributed by atoms with E-state index in [2.05, 4.69) is 9.97 Å². The lowest BCUT2D eigenvalue weighted by Crippen LogP contribution is -2.22. The van der Waals surface area contributed by atoms with E-state index in [4.69, 9.17) is 27.9 Å². The Morgan fingerprint density at radius 3 is 2.62 bits per heavy atom. The summed E-state index contributed by atoms with van der Waals surface area (Å²) in [7, 11) is 0. The first-order chi connectivity index (χ1) is 7.58. The van der Waals surface area contributed by atoms with Gasteiger partial charge in [-0.1, -0.05) is 29.3 Å². The van der Waals surface area contributed by atoms with E-state index < -0.39 is 16.3 Å². The van der Waals surface area contributed by atoms with Crippen LogP contribution in [0.1, 0.15) is 0 Å². The number of rotatable bonds is 2. The van der Waals surface area contributed by atoms with E-state index >= 15 is 0 Å². The molecule has 0 amide bonds. The highest BCUT2D eigenvalue weighted by atomic mass is 35.5. The molecule has 0 saturated heterocycles. The van der Waals surface area contributed by atoms with Crippen molar-refractivity contribution in [2.45, 2.75) is 5.02 Å². The molecular formula is C9H6Cl2N2O3. The molecule has 0 saturated carbocycles. The lowest BCUT2D eigenvalue weighted by Gasteiger charge is -2.08. The summed E-state index contributed by atoms with van der Waals surface area (Å²) in [6, 6.07) is 4.73. The Labute approximate surface area is 99.0 Å². The summed E-state index contributed by atoms with van der Waals surface area (Å²) in [5.41, 5.74) is -0.772. The van der Waals surface area contributed by atoms with Crippen LogP contribution >= 0.6 is 23.2 Å². The minimum Gasteiger partial charge on any atom is -0.460 e. The second-order valence-corrected chi connectivity index (χ2v) is 3.98. The van der Waals surface area contributed by atoms with Gasteiger partial charge in [0.05, 0.1) is 5.52 Å². The Kier molecular flexibility index (Phi) is 2.89. The third-order valence-electron chi connectivity index (χ3n) is 1.94. The first-order valence-electron chi connectivity index (χ1n) is 4.28. The number of aromatic nitrogens is 2. The standard InChI is InChI=1S/C9H6Cl2N2O3/c10-8(11)16-5-3-1-2-4-6(5)7(14)13-9(15)12-4/h1-3,8H,(H2,12,13,14,15). The van der Waals surface area contributed by atoms with Crippen molar-refractivity contribution >= 4 is 34.1 Å². The van der Waals surface area contributed by atoms with Gasteiger partial charge in [-0.05, 0) is 12.1 Å². The molecule has 0 radical (unpaired) electrons. The Morgan fingerprint density at radius 2 is 1.94 bits per heavy atom. The van der Waals surface area contributed by atoms with E-state index in [1.165, 1.54) is 6.07 Å². The second kappa shape index (κ2) is 4.19. The maximum absolute atomic E-state index is 11.6. The van der Waals surface area contributed by atoms with Crippen molar-refractivity contribution < 1.29 is 4.74 Å². The number of nitrogens with one attached hydrogen (secondary N) is 2. The molecule has 0 fully saturated rings. The van der Waals surface area contributed by atoms with Gasteiger partial charge in [0.25, 0.3) is 5.56 Å². The Bertz CT molecular complexity index is 632. The molecule has 0 spiro atoms. The summed E-state index contributed by atoms with van der Waals surface area (Å²) in [6.45, 7) is 0. The molecule has 0 aliphatic rings. The number of benzene rings is 1. The maximum atomic E-state index is 11.6. The molecule has 84 valence electrons. The van der Waals surface area contributed by atoms with Gasteiger partial charge < -0.3 is 9.72 Å². The van der Waals surface area contributed by atoms with Crippen LogP contribution in [-0.4, -0.2) is 15.0 Å². The van der Waals surface area contributed by atoms with Crippen LogP contribution in [0.4, 0.5) is 0 Å². The third kappa shape index (κ3) is 2.05. The molecule has 0 unspecified atom stereocenters. The van der Waals surface area contributed by atoms with Gasteiger partial charge in [0, 0.05) is 0 Å². The number of hydrogen-bond acceptors (Lipinski definition) is 3. The highest BCUT2D eigenvalue weighted by Crippen LogP contribution is 2.22. The van der Waals surface area contributed by atoms with Crippen molar-refractivity contribution in [1.29, 1.82) is 0 Å². The first-order valence-corrected chi connectivity index (χ1v) is 5.15. The van der Waals surface area contributed by atoms with Crippen LogP contribution in [0.25, 0.3) is 10.9 Å². The minimum absolute atomic E-state index is 0.202. The summed E-state index contributed by atoms with van der Waals surface area (Å²) in [4.78, 5) is 27.2. The van der Waals surface area contributed by atoms with Crippen molar-refractivity contribution in [3.8, 4) is 5.75 Å². The van der Waals surface area contributed by atoms with E-state index in [-0.39, 0.29) is 11.1 Å². The van der Waals surface area contributed by atoms with Crippen LogP contribution in [0.2, 0.25) is 0 Å². The molecule has 1 heterocycles. The van der Waals surface area contributed by atoms with E-state index in [0.29, 0.717) is 5.52 Å². The molecular weight excluding hydrogens is 255 g/mol. The third-order valence-corrected chi connectivity index (χ3v) is 2.12. The predicted octanol–water partition coefficient (Wildman–Crippen LogP) is 1.36. The molecule has 2 N–H and O–H groups in total. The number of hydrogen-bond donors (Lipinski definition) is 2. The molecule has 2 aromatic rings. The average molecular weight is 261 g/mol. The fraction of sp³-hybridized carbons (Fsp3) is 0.111. The fourth-order valence-electron chi connectivity index (χ4n) is 1.38. The van der Waals surface area contributed by atoms with E-state index in [0.717, 1.165) is 0 Å². The molecule has 0 aliphatic heterocycles. The number of halogens is 2. The van der Waals surface area contributed by atoms with Gasteiger partial charge >= 0.3 is 5.69 Å². The SMILES string of the molecule is O=c1[nH]c(=O)c2c(OC(Cl)Cl)cccc2[nH]1. The van der Waals surface area contributed by atoms with Crippen molar-refractivity contribution in [3.63, 3.8) is 0 Å². The first kappa shape index (κ1) is 11.0. The number of H-pyrrole nitrogens is 2. The predicted molar refractivity (Wildman–Crippen MR) is 61.3 cm³/mol. The van der Waals surface area contributed by atoms with Gasteiger partial charge in [-0.25, -0.2) is 4.79 Å². The van der Waals surface area contributed by atoms with Crippen molar-refractivity contribution in [3.05, 3.63) is 39.0 Å². The minimum atomic E-state index is -1.09. The summed E-state index contributed by atoms with van der Waals surface area (Å²) >= 11 is 10.9. The number of aromatic amines is 2. The Balaban J connectivity index is 2.77. The smallest absolute Gasteiger partial charge is 0.326 e. The van der Waals surface area contributed by atoms with Crippen LogP contribution in [-0.2, 0) is 0 Å². The zero-order valence-electron chi connectivity index (χ0n) is 7.79. The zero-order chi connectivity index (χ0) is 11.7. The van der Waals surface area contributed by atoms with Crippen molar-refractivity contribution in [1.82, 2.24) is 9.97 Å². The summed E-state index contributed by atoms with van der Waals surface area (Å²) < 4.78 is 5.04. The lowest BCUT2D eigenvalue weighted by atomic mass is 10.2. The van der Waals surface area contributed by atoms with E-state index in [1.54, 1.807) is 12.1 Å². The van der Waals surface area contributed by atoms with Crippen LogP contribution in [0.5, 0.6) is 5.75 Å². The average Bonchev–Trinajstić information content (AvgIpc) is 2.15. The Hall–Kier alpha value is -1.46. The normalized spacial score (nSPS) is 10.9. The zero-order valence-corrected chi connectivity index (χ0v) is 9.30. The van der Waals surface area contributed by atoms with Gasteiger partial charge in [0.2, 0.25) is 5.02 Å². The topological polar surface area (TPSA) is 74.9 Å². The fourth-order valence-corrected chi connectivity index (χ4v) is 1.57. The van der Waals surface area contributed by atoms with Gasteiger partial charge in [-0.3, -0.25) is 9.78 Å². The highest BCUT2D eigenvalue weighted by Gasteiger charge is 2.09. The quantitative estimate of drug-likeness (QED) is 0.801. The van der Waals surface area contributed by atoms with Crippen molar-refractivity contribution in [2.75, 3.05) is 0 Å². The number of fused-ring (bicyclic) bond motifs is 1. The van der Waals surface area contributed by atoms with Gasteiger partial charge in [0.15, 0.2) is 0 Å². The van der Waals surface area contributed by atoms with Gasteiger partial charge in [-0.2, -0.15) is 0 Å². The molecule has 1 aromatic carbocycles. The number of ether oxygens (including phenoxy) is 1. The van der Waals surface area contributed by atoms with Crippen LogP contribution in [0, 0.1) is 0 Å². The molecule has 5 nitrogen and oxygen atoms in total. The molecule has 0 atom stereocenters. The van der Waals surface area contributed by atoms with Crippen molar-refractivity contribution in [2.24, 2.45) is 0 Å². The Morgan fingerprint density at radius 1 is 1.19 bits per heavy atom. The highest BCUT2D eigenvalue weighted by molar-refractivity contribution is 6.43. The van der Waals surface area contributed by atoms with Crippen LogP contribution in [0.3, 0.4) is 0 Å². The largest absolute Gasteiger partial charge is 0.460 e. The maximum Gasteiger partial charge on any atom is 0.326 e. The number of alkyl halides is 2. The molecule has 0 bridgehead atoms.